The second-order valence-corrected chi connectivity index (χ2v) is 3.78. The number of ether oxygens (including phenoxy) is 1. The second-order valence-electron chi connectivity index (χ2n) is 3.78. The first-order valence-electron chi connectivity index (χ1n) is 5.54. The summed E-state index contributed by atoms with van der Waals surface area (Å²) in [6.45, 7) is 0.297. The third-order valence-corrected chi connectivity index (χ3v) is 2.49. The van der Waals surface area contributed by atoms with Gasteiger partial charge >= 0.3 is 0 Å². The Bertz CT molecular complexity index is 493. The zero-order valence-electron chi connectivity index (χ0n) is 9.71. The molecule has 1 unspecified atom stereocenters. The maximum atomic E-state index is 13.1. The molecule has 0 saturated carbocycles. The average Bonchev–Trinajstić information content (AvgIpc) is 2.41. The summed E-state index contributed by atoms with van der Waals surface area (Å²) in [5, 5.41) is 0. The summed E-state index contributed by atoms with van der Waals surface area (Å²) in [6.07, 6.45) is 2.71. The number of benzene rings is 1. The van der Waals surface area contributed by atoms with Crippen molar-refractivity contribution in [3.63, 3.8) is 0 Å². The molecule has 2 aromatic rings. The highest BCUT2D eigenvalue weighted by Gasteiger charge is 2.11. The van der Waals surface area contributed by atoms with Crippen molar-refractivity contribution in [2.75, 3.05) is 6.61 Å². The van der Waals surface area contributed by atoms with Crippen LogP contribution < -0.4 is 16.0 Å². The van der Waals surface area contributed by atoms with Gasteiger partial charge in [-0.1, -0.05) is 18.2 Å². The third-order valence-electron chi connectivity index (χ3n) is 2.49. The van der Waals surface area contributed by atoms with E-state index in [1.165, 1.54) is 6.07 Å². The fourth-order valence-electron chi connectivity index (χ4n) is 1.56. The summed E-state index contributed by atoms with van der Waals surface area (Å²) in [6, 6.07) is 10.4. The molecule has 0 fully saturated rings. The smallest absolute Gasteiger partial charge is 0.141 e. The molecule has 0 spiro atoms. The fraction of sp³-hybridized carbons (Fsp3) is 0.154. The van der Waals surface area contributed by atoms with Gasteiger partial charge in [0.15, 0.2) is 0 Å². The molecule has 0 aliphatic heterocycles. The first-order valence-corrected chi connectivity index (χ1v) is 5.54. The standard InChI is InChI=1S/C13H14FN3O/c14-11-6-10(7-16-8-11)13(17-15)9-18-12-4-2-1-3-5-12/h1-8,13,17H,9,15H2. The lowest BCUT2D eigenvalue weighted by molar-refractivity contribution is 0.267. The SMILES string of the molecule is NNC(COc1ccccc1)c1cncc(F)c1. The van der Waals surface area contributed by atoms with Crippen LogP contribution in [0.25, 0.3) is 0 Å². The normalized spacial score (nSPS) is 12.1. The number of hydrazine groups is 1. The van der Waals surface area contributed by atoms with E-state index in [0.717, 1.165) is 11.9 Å². The average molecular weight is 247 g/mol. The molecule has 0 saturated heterocycles. The summed E-state index contributed by atoms with van der Waals surface area (Å²) < 4.78 is 18.6. The van der Waals surface area contributed by atoms with Crippen LogP contribution in [0, 0.1) is 5.82 Å². The van der Waals surface area contributed by atoms with Gasteiger partial charge in [-0.25, -0.2) is 9.82 Å². The molecule has 0 aliphatic rings. The van der Waals surface area contributed by atoms with Crippen LogP contribution in [-0.4, -0.2) is 11.6 Å². The summed E-state index contributed by atoms with van der Waals surface area (Å²) in [7, 11) is 0. The number of nitrogens with one attached hydrogen (secondary N) is 1. The Hall–Kier alpha value is -1.98. The van der Waals surface area contributed by atoms with Gasteiger partial charge < -0.3 is 4.74 Å². The van der Waals surface area contributed by atoms with Crippen LogP contribution in [0.2, 0.25) is 0 Å². The molecular formula is C13H14FN3O. The van der Waals surface area contributed by atoms with Crippen LogP contribution in [0.5, 0.6) is 5.75 Å². The van der Waals surface area contributed by atoms with Gasteiger partial charge in [0.1, 0.15) is 18.2 Å². The van der Waals surface area contributed by atoms with Gasteiger partial charge in [-0.05, 0) is 23.8 Å². The van der Waals surface area contributed by atoms with E-state index in [1.54, 1.807) is 6.20 Å². The molecule has 0 bridgehead atoms. The van der Waals surface area contributed by atoms with Gasteiger partial charge in [0.25, 0.3) is 0 Å². The maximum absolute atomic E-state index is 13.1. The molecule has 3 N–H and O–H groups in total. The van der Waals surface area contributed by atoms with Crippen molar-refractivity contribution in [2.24, 2.45) is 5.84 Å². The van der Waals surface area contributed by atoms with Crippen molar-refractivity contribution in [2.45, 2.75) is 6.04 Å². The minimum Gasteiger partial charge on any atom is -0.492 e. The van der Waals surface area contributed by atoms with Crippen LogP contribution in [0.4, 0.5) is 4.39 Å². The van der Waals surface area contributed by atoms with Crippen molar-refractivity contribution < 1.29 is 9.13 Å². The van der Waals surface area contributed by atoms with Crippen molar-refractivity contribution in [3.05, 3.63) is 60.2 Å². The number of aromatic nitrogens is 1. The third kappa shape index (κ3) is 3.26. The minimum absolute atomic E-state index is 0.297. The highest BCUT2D eigenvalue weighted by molar-refractivity contribution is 5.22. The summed E-state index contributed by atoms with van der Waals surface area (Å²) >= 11 is 0. The zero-order chi connectivity index (χ0) is 12.8. The molecule has 0 aliphatic carbocycles. The molecule has 1 atom stereocenters. The van der Waals surface area contributed by atoms with Gasteiger partial charge in [0.2, 0.25) is 0 Å². The first-order chi connectivity index (χ1) is 8.79. The number of halogens is 1. The predicted octanol–water partition coefficient (Wildman–Crippen LogP) is 1.80. The van der Waals surface area contributed by atoms with Crippen molar-refractivity contribution in [3.8, 4) is 5.75 Å². The highest BCUT2D eigenvalue weighted by Crippen LogP contribution is 2.15. The van der Waals surface area contributed by atoms with E-state index in [-0.39, 0.29) is 6.04 Å². The Morgan fingerprint density at radius 3 is 2.72 bits per heavy atom. The molecule has 18 heavy (non-hydrogen) atoms. The Kier molecular flexibility index (Phi) is 4.22. The zero-order valence-corrected chi connectivity index (χ0v) is 9.71. The van der Waals surface area contributed by atoms with Crippen LogP contribution in [-0.2, 0) is 0 Å². The van der Waals surface area contributed by atoms with Gasteiger partial charge in [0, 0.05) is 6.20 Å². The highest BCUT2D eigenvalue weighted by atomic mass is 19.1. The van der Waals surface area contributed by atoms with E-state index in [2.05, 4.69) is 10.4 Å². The van der Waals surface area contributed by atoms with Crippen LogP contribution >= 0.6 is 0 Å². The number of hydrogen-bond donors (Lipinski definition) is 2. The molecule has 94 valence electrons. The van der Waals surface area contributed by atoms with E-state index in [9.17, 15) is 4.39 Å². The molecule has 5 heteroatoms. The Balaban J connectivity index is 2.02. The maximum Gasteiger partial charge on any atom is 0.141 e. The number of para-hydroxylation sites is 1. The van der Waals surface area contributed by atoms with Crippen molar-refractivity contribution >= 4 is 0 Å². The van der Waals surface area contributed by atoms with E-state index in [4.69, 9.17) is 10.6 Å². The van der Waals surface area contributed by atoms with Crippen molar-refractivity contribution in [1.29, 1.82) is 0 Å². The van der Waals surface area contributed by atoms with Gasteiger partial charge in [0.05, 0.1) is 12.2 Å². The van der Waals surface area contributed by atoms with E-state index >= 15 is 0 Å². The molecule has 0 amide bonds. The Labute approximate surface area is 105 Å². The minimum atomic E-state index is -0.396. The lowest BCUT2D eigenvalue weighted by Crippen LogP contribution is -2.32. The number of nitrogens with two attached hydrogens (primary N) is 1. The fourth-order valence-corrected chi connectivity index (χ4v) is 1.56. The molecular weight excluding hydrogens is 233 g/mol. The van der Waals surface area contributed by atoms with Crippen LogP contribution in [0.1, 0.15) is 11.6 Å². The van der Waals surface area contributed by atoms with Gasteiger partial charge in [-0.15, -0.1) is 0 Å². The Morgan fingerprint density at radius 1 is 1.28 bits per heavy atom. The molecule has 2 rings (SSSR count). The topological polar surface area (TPSA) is 60.2 Å². The summed E-state index contributed by atoms with van der Waals surface area (Å²) in [5.41, 5.74) is 3.23. The van der Waals surface area contributed by atoms with E-state index in [0.29, 0.717) is 12.2 Å². The lowest BCUT2D eigenvalue weighted by atomic mass is 10.1. The number of pyridine rings is 1. The largest absolute Gasteiger partial charge is 0.492 e. The Morgan fingerprint density at radius 2 is 2.06 bits per heavy atom. The number of rotatable bonds is 5. The monoisotopic (exact) mass is 247 g/mol. The molecule has 0 radical (unpaired) electrons. The predicted molar refractivity (Wildman–Crippen MR) is 66.2 cm³/mol. The van der Waals surface area contributed by atoms with Gasteiger partial charge in [-0.2, -0.15) is 0 Å². The van der Waals surface area contributed by atoms with E-state index in [1.807, 2.05) is 30.3 Å². The van der Waals surface area contributed by atoms with E-state index < -0.39 is 5.82 Å². The molecule has 1 aromatic heterocycles. The second kappa shape index (κ2) is 6.09. The van der Waals surface area contributed by atoms with Crippen LogP contribution in [0.3, 0.4) is 0 Å². The number of hydrogen-bond acceptors (Lipinski definition) is 4. The van der Waals surface area contributed by atoms with Crippen LogP contribution in [0.15, 0.2) is 48.8 Å². The molecule has 1 heterocycles. The lowest BCUT2D eigenvalue weighted by Gasteiger charge is -2.16. The quantitative estimate of drug-likeness (QED) is 0.625. The first kappa shape index (κ1) is 12.5. The van der Waals surface area contributed by atoms with Gasteiger partial charge in [-0.3, -0.25) is 10.8 Å². The summed E-state index contributed by atoms with van der Waals surface area (Å²) in [5.74, 6) is 5.78. The molecule has 1 aromatic carbocycles. The number of nitrogens with zero attached hydrogens (tertiary/aromatic N) is 1. The molecule has 4 nitrogen and oxygen atoms in total. The van der Waals surface area contributed by atoms with Crippen molar-refractivity contribution in [1.82, 2.24) is 10.4 Å². The summed E-state index contributed by atoms with van der Waals surface area (Å²) in [4.78, 5) is 3.78.